The van der Waals surface area contributed by atoms with Gasteiger partial charge in [-0.05, 0) is 31.2 Å². The Hall–Kier alpha value is -2.16. The van der Waals surface area contributed by atoms with Gasteiger partial charge in [0.15, 0.2) is 5.78 Å². The van der Waals surface area contributed by atoms with E-state index >= 15 is 0 Å². The van der Waals surface area contributed by atoms with Gasteiger partial charge in [-0.2, -0.15) is 0 Å². The Morgan fingerprint density at radius 3 is 2.17 bits per heavy atom. The van der Waals surface area contributed by atoms with Crippen molar-refractivity contribution < 1.29 is 9.18 Å². The maximum absolute atomic E-state index is 13.7. The topological polar surface area (TPSA) is 20.3 Å². The summed E-state index contributed by atoms with van der Waals surface area (Å²) in [6, 6.07) is 13.7. The Bertz CT molecular complexity index is 580. The van der Waals surface area contributed by atoms with Crippen LogP contribution in [0.1, 0.15) is 17.3 Å². The number of Topliss-reactive ketones (excluding diaryl/α,β-unsaturated/α-hetero) is 1. The molecule has 2 aromatic carbocycles. The molecule has 92 valence electrons. The van der Waals surface area contributed by atoms with Crippen LogP contribution in [0.2, 0.25) is 0 Å². The van der Waals surface area contributed by atoms with Crippen molar-refractivity contribution in [3.05, 3.63) is 59.9 Å². The van der Waals surface area contributed by atoms with Crippen molar-refractivity contribution in [3.8, 4) is 0 Å². The molecule has 0 N–H and O–H groups in total. The Morgan fingerprint density at radius 2 is 1.56 bits per heavy atom. The molecule has 18 heavy (non-hydrogen) atoms. The summed E-state index contributed by atoms with van der Waals surface area (Å²) in [5.41, 5.74) is 1.74. The molecule has 0 amide bonds. The van der Waals surface area contributed by atoms with Crippen LogP contribution in [0.25, 0.3) is 0 Å². The van der Waals surface area contributed by atoms with Gasteiger partial charge in [0.2, 0.25) is 0 Å². The van der Waals surface area contributed by atoms with Gasteiger partial charge in [-0.25, -0.2) is 4.39 Å². The quantitative estimate of drug-likeness (QED) is 0.764. The van der Waals surface area contributed by atoms with Gasteiger partial charge in [0.1, 0.15) is 5.82 Å². The van der Waals surface area contributed by atoms with Crippen molar-refractivity contribution >= 4 is 17.2 Å². The van der Waals surface area contributed by atoms with E-state index in [1.807, 2.05) is 12.1 Å². The van der Waals surface area contributed by atoms with Crippen molar-refractivity contribution in [2.75, 3.05) is 11.9 Å². The van der Waals surface area contributed by atoms with Gasteiger partial charge in [-0.1, -0.05) is 24.3 Å². The molecule has 2 rings (SSSR count). The number of ketones is 1. The van der Waals surface area contributed by atoms with E-state index in [1.54, 1.807) is 42.3 Å². The molecule has 0 unspecified atom stereocenters. The molecule has 0 aliphatic heterocycles. The van der Waals surface area contributed by atoms with E-state index in [0.29, 0.717) is 16.9 Å². The molecule has 0 saturated heterocycles. The number of hydrogen-bond donors (Lipinski definition) is 0. The van der Waals surface area contributed by atoms with Crippen LogP contribution in [0.5, 0.6) is 0 Å². The fourth-order valence-corrected chi connectivity index (χ4v) is 1.92. The first kappa shape index (κ1) is 12.3. The number of anilines is 2. The van der Waals surface area contributed by atoms with Crippen LogP contribution in [0.15, 0.2) is 48.5 Å². The van der Waals surface area contributed by atoms with Crippen LogP contribution in [0.4, 0.5) is 15.8 Å². The van der Waals surface area contributed by atoms with E-state index in [2.05, 4.69) is 0 Å². The second-order valence-corrected chi connectivity index (χ2v) is 4.08. The SMILES string of the molecule is CC(=O)c1ccccc1N(C)c1ccccc1F. The minimum absolute atomic E-state index is 0.0335. The third kappa shape index (κ3) is 2.25. The zero-order valence-corrected chi connectivity index (χ0v) is 10.4. The van der Waals surface area contributed by atoms with Crippen molar-refractivity contribution in [2.45, 2.75) is 6.92 Å². The first-order valence-electron chi connectivity index (χ1n) is 5.69. The maximum Gasteiger partial charge on any atom is 0.161 e. The van der Waals surface area contributed by atoms with E-state index in [1.165, 1.54) is 13.0 Å². The Balaban J connectivity index is 2.50. The highest BCUT2D eigenvalue weighted by molar-refractivity contribution is 6.00. The smallest absolute Gasteiger partial charge is 0.161 e. The Kier molecular flexibility index (Phi) is 3.42. The maximum atomic E-state index is 13.7. The number of hydrogen-bond acceptors (Lipinski definition) is 2. The molecule has 3 heteroatoms. The van der Waals surface area contributed by atoms with Gasteiger partial charge in [-0.3, -0.25) is 4.79 Å². The van der Waals surface area contributed by atoms with Crippen LogP contribution in [0.3, 0.4) is 0 Å². The van der Waals surface area contributed by atoms with Crippen LogP contribution in [-0.4, -0.2) is 12.8 Å². The van der Waals surface area contributed by atoms with Crippen molar-refractivity contribution in [1.82, 2.24) is 0 Å². The zero-order valence-electron chi connectivity index (χ0n) is 10.4. The highest BCUT2D eigenvalue weighted by Gasteiger charge is 2.14. The molecule has 0 spiro atoms. The molecule has 0 fully saturated rings. The number of halogens is 1. The molecule has 0 heterocycles. The summed E-state index contributed by atoms with van der Waals surface area (Å²) in [5, 5.41) is 0. The van der Waals surface area contributed by atoms with Crippen molar-refractivity contribution in [1.29, 1.82) is 0 Å². The number of carbonyl (C=O) groups is 1. The molecular weight excluding hydrogens is 229 g/mol. The summed E-state index contributed by atoms with van der Waals surface area (Å²) < 4.78 is 13.7. The van der Waals surface area contributed by atoms with Gasteiger partial charge in [0, 0.05) is 12.6 Å². The lowest BCUT2D eigenvalue weighted by Gasteiger charge is -2.22. The first-order valence-corrected chi connectivity index (χ1v) is 5.69. The summed E-state index contributed by atoms with van der Waals surface area (Å²) in [5.74, 6) is -0.341. The number of rotatable bonds is 3. The lowest BCUT2D eigenvalue weighted by Crippen LogP contribution is -2.14. The third-order valence-electron chi connectivity index (χ3n) is 2.86. The Morgan fingerprint density at radius 1 is 1.00 bits per heavy atom. The molecule has 0 aromatic heterocycles. The van der Waals surface area contributed by atoms with E-state index in [4.69, 9.17) is 0 Å². The molecular formula is C15H14FNO. The minimum Gasteiger partial charge on any atom is -0.342 e. The monoisotopic (exact) mass is 243 g/mol. The highest BCUT2D eigenvalue weighted by atomic mass is 19.1. The average Bonchev–Trinajstić information content (AvgIpc) is 2.38. The van der Waals surface area contributed by atoms with E-state index in [9.17, 15) is 9.18 Å². The predicted molar refractivity (Wildman–Crippen MR) is 70.9 cm³/mol. The second kappa shape index (κ2) is 5.00. The normalized spacial score (nSPS) is 10.2. The molecule has 2 aromatic rings. The summed E-state index contributed by atoms with van der Waals surface area (Å²) >= 11 is 0. The van der Waals surface area contributed by atoms with Gasteiger partial charge in [0.05, 0.1) is 11.4 Å². The predicted octanol–water partition coefficient (Wildman–Crippen LogP) is 3.80. The summed E-state index contributed by atoms with van der Waals surface area (Å²) in [7, 11) is 1.75. The molecule has 0 radical (unpaired) electrons. The fraction of sp³-hybridized carbons (Fsp3) is 0.133. The summed E-state index contributed by atoms with van der Waals surface area (Å²) in [6.45, 7) is 1.51. The molecule has 0 aliphatic rings. The fourth-order valence-electron chi connectivity index (χ4n) is 1.92. The minimum atomic E-state index is -0.307. The zero-order chi connectivity index (χ0) is 13.1. The van der Waals surface area contributed by atoms with E-state index < -0.39 is 0 Å². The molecule has 2 nitrogen and oxygen atoms in total. The van der Waals surface area contributed by atoms with Gasteiger partial charge < -0.3 is 4.90 Å². The number of benzene rings is 2. The first-order chi connectivity index (χ1) is 8.61. The third-order valence-corrected chi connectivity index (χ3v) is 2.86. The Labute approximate surface area is 106 Å². The molecule has 0 bridgehead atoms. The highest BCUT2D eigenvalue weighted by Crippen LogP contribution is 2.28. The average molecular weight is 243 g/mol. The van der Waals surface area contributed by atoms with Crippen LogP contribution >= 0.6 is 0 Å². The van der Waals surface area contributed by atoms with Crippen molar-refractivity contribution in [2.24, 2.45) is 0 Å². The van der Waals surface area contributed by atoms with Gasteiger partial charge in [-0.15, -0.1) is 0 Å². The largest absolute Gasteiger partial charge is 0.342 e. The molecule has 0 saturated carbocycles. The van der Waals surface area contributed by atoms with Crippen LogP contribution in [-0.2, 0) is 0 Å². The van der Waals surface area contributed by atoms with E-state index in [0.717, 1.165) is 0 Å². The number of para-hydroxylation sites is 2. The van der Waals surface area contributed by atoms with Gasteiger partial charge >= 0.3 is 0 Å². The van der Waals surface area contributed by atoms with Crippen LogP contribution in [0, 0.1) is 5.82 Å². The second-order valence-electron chi connectivity index (χ2n) is 4.08. The summed E-state index contributed by atoms with van der Waals surface area (Å²) in [4.78, 5) is 13.3. The standard InChI is InChI=1S/C15H14FNO/c1-11(18)12-7-3-5-9-14(12)17(2)15-10-6-4-8-13(15)16/h3-10H,1-2H3. The lowest BCUT2D eigenvalue weighted by atomic mass is 10.1. The lowest BCUT2D eigenvalue weighted by molar-refractivity contribution is 0.101. The number of nitrogens with zero attached hydrogens (tertiary/aromatic N) is 1. The number of carbonyl (C=O) groups excluding carboxylic acids is 1. The van der Waals surface area contributed by atoms with Crippen LogP contribution < -0.4 is 4.90 Å². The molecule has 0 aliphatic carbocycles. The van der Waals surface area contributed by atoms with E-state index in [-0.39, 0.29) is 11.6 Å². The van der Waals surface area contributed by atoms with Crippen molar-refractivity contribution in [3.63, 3.8) is 0 Å². The molecule has 0 atom stereocenters. The van der Waals surface area contributed by atoms with Gasteiger partial charge in [0.25, 0.3) is 0 Å². The summed E-state index contributed by atoms with van der Waals surface area (Å²) in [6.07, 6.45) is 0.